The summed E-state index contributed by atoms with van der Waals surface area (Å²) < 4.78 is 1.69. The maximum atomic E-state index is 11.6. The molecule has 0 aliphatic rings. The minimum absolute atomic E-state index is 0.0569. The average Bonchev–Trinajstić information content (AvgIpc) is 2.91. The van der Waals surface area contributed by atoms with Crippen LogP contribution >= 0.6 is 0 Å². The molecule has 2 N–H and O–H groups in total. The molecule has 1 atom stereocenters. The van der Waals surface area contributed by atoms with Crippen molar-refractivity contribution in [2.75, 3.05) is 0 Å². The first-order chi connectivity index (χ1) is 9.56. The maximum absolute atomic E-state index is 11.6. The minimum Gasteiger partial charge on any atom is -0.336 e. The van der Waals surface area contributed by atoms with Gasteiger partial charge in [0.05, 0.1) is 11.7 Å². The van der Waals surface area contributed by atoms with Gasteiger partial charge in [-0.05, 0) is 38.5 Å². The SMILES string of the molecule is CC(C)NC(=O)NC(C)c1ccc(-n2cncn2)cc1. The van der Waals surface area contributed by atoms with Gasteiger partial charge in [0.25, 0.3) is 0 Å². The average molecular weight is 273 g/mol. The molecule has 0 aliphatic heterocycles. The molecule has 0 bridgehead atoms. The molecular weight excluding hydrogens is 254 g/mol. The molecule has 106 valence electrons. The number of aromatic nitrogens is 3. The van der Waals surface area contributed by atoms with Crippen LogP contribution in [0.4, 0.5) is 4.79 Å². The predicted molar refractivity (Wildman–Crippen MR) is 76.6 cm³/mol. The van der Waals surface area contributed by atoms with Gasteiger partial charge in [0.15, 0.2) is 0 Å². The van der Waals surface area contributed by atoms with E-state index in [0.29, 0.717) is 0 Å². The van der Waals surface area contributed by atoms with Gasteiger partial charge in [0.1, 0.15) is 12.7 Å². The first-order valence-electron chi connectivity index (χ1n) is 6.58. The Morgan fingerprint density at radius 1 is 1.15 bits per heavy atom. The van der Waals surface area contributed by atoms with Crippen LogP contribution in [-0.4, -0.2) is 26.8 Å². The number of benzene rings is 1. The maximum Gasteiger partial charge on any atom is 0.315 e. The molecule has 1 aromatic carbocycles. The van der Waals surface area contributed by atoms with Crippen LogP contribution in [0, 0.1) is 0 Å². The Morgan fingerprint density at radius 3 is 2.40 bits per heavy atom. The molecule has 0 aliphatic carbocycles. The molecule has 2 amide bonds. The summed E-state index contributed by atoms with van der Waals surface area (Å²) in [5.41, 5.74) is 1.97. The Balaban J connectivity index is 2.01. The monoisotopic (exact) mass is 273 g/mol. The van der Waals surface area contributed by atoms with Crippen molar-refractivity contribution in [3.05, 3.63) is 42.5 Å². The van der Waals surface area contributed by atoms with Crippen molar-refractivity contribution in [3.63, 3.8) is 0 Å². The van der Waals surface area contributed by atoms with Gasteiger partial charge in [0, 0.05) is 6.04 Å². The molecule has 6 nitrogen and oxygen atoms in total. The lowest BCUT2D eigenvalue weighted by Gasteiger charge is -2.16. The lowest BCUT2D eigenvalue weighted by Crippen LogP contribution is -2.40. The van der Waals surface area contributed by atoms with Crippen molar-refractivity contribution >= 4 is 6.03 Å². The third-order valence-corrected chi connectivity index (χ3v) is 2.84. The highest BCUT2D eigenvalue weighted by atomic mass is 16.2. The van der Waals surface area contributed by atoms with Crippen LogP contribution in [0.25, 0.3) is 5.69 Å². The number of nitrogens with zero attached hydrogens (tertiary/aromatic N) is 3. The van der Waals surface area contributed by atoms with Crippen molar-refractivity contribution in [2.45, 2.75) is 32.9 Å². The van der Waals surface area contributed by atoms with Crippen LogP contribution in [0.3, 0.4) is 0 Å². The van der Waals surface area contributed by atoms with Crippen molar-refractivity contribution in [1.29, 1.82) is 0 Å². The molecule has 0 spiro atoms. The molecular formula is C14H19N5O. The molecule has 20 heavy (non-hydrogen) atoms. The van der Waals surface area contributed by atoms with Gasteiger partial charge in [-0.15, -0.1) is 0 Å². The zero-order chi connectivity index (χ0) is 14.5. The second kappa shape index (κ2) is 6.18. The Labute approximate surface area is 118 Å². The van der Waals surface area contributed by atoms with Crippen LogP contribution in [0.15, 0.2) is 36.9 Å². The fourth-order valence-electron chi connectivity index (χ4n) is 1.84. The zero-order valence-electron chi connectivity index (χ0n) is 11.9. The molecule has 0 fully saturated rings. The minimum atomic E-state index is -0.159. The topological polar surface area (TPSA) is 71.8 Å². The lowest BCUT2D eigenvalue weighted by atomic mass is 10.1. The molecule has 1 unspecified atom stereocenters. The van der Waals surface area contributed by atoms with E-state index in [1.165, 1.54) is 6.33 Å². The summed E-state index contributed by atoms with van der Waals surface area (Å²) in [4.78, 5) is 15.6. The van der Waals surface area contributed by atoms with E-state index in [1.807, 2.05) is 45.0 Å². The Bertz CT molecular complexity index is 547. The Kier molecular flexibility index (Phi) is 4.34. The highest BCUT2D eigenvalue weighted by molar-refractivity contribution is 5.74. The first kappa shape index (κ1) is 14.0. The van der Waals surface area contributed by atoms with E-state index in [-0.39, 0.29) is 18.1 Å². The molecule has 6 heteroatoms. The first-order valence-corrected chi connectivity index (χ1v) is 6.58. The largest absolute Gasteiger partial charge is 0.336 e. The summed E-state index contributed by atoms with van der Waals surface area (Å²) in [5.74, 6) is 0. The van der Waals surface area contributed by atoms with E-state index in [4.69, 9.17) is 0 Å². The summed E-state index contributed by atoms with van der Waals surface area (Å²) in [6.07, 6.45) is 3.14. The van der Waals surface area contributed by atoms with Crippen LogP contribution in [-0.2, 0) is 0 Å². The number of carbonyl (C=O) groups excluding carboxylic acids is 1. The zero-order valence-corrected chi connectivity index (χ0v) is 11.9. The number of amides is 2. The summed E-state index contributed by atoms with van der Waals surface area (Å²) in [5, 5.41) is 9.77. The Hall–Kier alpha value is -2.37. The quantitative estimate of drug-likeness (QED) is 0.895. The molecule has 1 aromatic heterocycles. The van der Waals surface area contributed by atoms with Gasteiger partial charge in [-0.3, -0.25) is 0 Å². The number of rotatable bonds is 4. The standard InChI is InChI=1S/C14H19N5O/c1-10(2)17-14(20)18-11(3)12-4-6-13(7-5-12)19-9-15-8-16-19/h4-11H,1-3H3,(H2,17,18,20). The second-order valence-corrected chi connectivity index (χ2v) is 4.93. The molecule has 2 rings (SSSR count). The van der Waals surface area contributed by atoms with Crippen LogP contribution in [0.2, 0.25) is 0 Å². The van der Waals surface area contributed by atoms with Gasteiger partial charge < -0.3 is 10.6 Å². The molecule has 2 aromatic rings. The van der Waals surface area contributed by atoms with Crippen molar-refractivity contribution < 1.29 is 4.79 Å². The fourth-order valence-corrected chi connectivity index (χ4v) is 1.84. The third-order valence-electron chi connectivity index (χ3n) is 2.84. The van der Waals surface area contributed by atoms with Crippen molar-refractivity contribution in [3.8, 4) is 5.69 Å². The van der Waals surface area contributed by atoms with Crippen molar-refractivity contribution in [2.24, 2.45) is 0 Å². The summed E-state index contributed by atoms with van der Waals surface area (Å²) in [7, 11) is 0. The number of carbonyl (C=O) groups is 1. The van der Waals surface area contributed by atoms with E-state index in [1.54, 1.807) is 11.0 Å². The second-order valence-electron chi connectivity index (χ2n) is 4.93. The van der Waals surface area contributed by atoms with Gasteiger partial charge >= 0.3 is 6.03 Å². The molecule has 0 radical (unpaired) electrons. The van der Waals surface area contributed by atoms with Gasteiger partial charge in [-0.1, -0.05) is 12.1 Å². The predicted octanol–water partition coefficient (Wildman–Crippen LogP) is 2.04. The van der Waals surface area contributed by atoms with Gasteiger partial charge in [-0.2, -0.15) is 5.10 Å². The van der Waals surface area contributed by atoms with Gasteiger partial charge in [0.2, 0.25) is 0 Å². The molecule has 0 saturated carbocycles. The summed E-state index contributed by atoms with van der Waals surface area (Å²) >= 11 is 0. The van der Waals surface area contributed by atoms with E-state index in [9.17, 15) is 4.79 Å². The lowest BCUT2D eigenvalue weighted by molar-refractivity contribution is 0.235. The van der Waals surface area contributed by atoms with Crippen LogP contribution < -0.4 is 10.6 Å². The number of hydrogen-bond acceptors (Lipinski definition) is 3. The van der Waals surface area contributed by atoms with Crippen molar-refractivity contribution in [1.82, 2.24) is 25.4 Å². The summed E-state index contributed by atoms with van der Waals surface area (Å²) in [6.45, 7) is 5.80. The van der Waals surface area contributed by atoms with Crippen LogP contribution in [0.5, 0.6) is 0 Å². The number of hydrogen-bond donors (Lipinski definition) is 2. The highest BCUT2D eigenvalue weighted by Gasteiger charge is 2.10. The van der Waals surface area contributed by atoms with E-state index >= 15 is 0 Å². The Morgan fingerprint density at radius 2 is 1.85 bits per heavy atom. The fraction of sp³-hybridized carbons (Fsp3) is 0.357. The van der Waals surface area contributed by atoms with Gasteiger partial charge in [-0.25, -0.2) is 14.5 Å². The molecule has 0 saturated heterocycles. The van der Waals surface area contributed by atoms with E-state index in [2.05, 4.69) is 20.7 Å². The smallest absolute Gasteiger partial charge is 0.315 e. The number of nitrogens with one attached hydrogen (secondary N) is 2. The number of urea groups is 1. The third kappa shape index (κ3) is 3.57. The normalized spacial score (nSPS) is 12.2. The highest BCUT2D eigenvalue weighted by Crippen LogP contribution is 2.14. The summed E-state index contributed by atoms with van der Waals surface area (Å²) in [6, 6.07) is 7.74. The van der Waals surface area contributed by atoms with E-state index in [0.717, 1.165) is 11.3 Å². The molecule has 1 heterocycles. The van der Waals surface area contributed by atoms with E-state index < -0.39 is 0 Å². The van der Waals surface area contributed by atoms with Crippen LogP contribution in [0.1, 0.15) is 32.4 Å².